The molecular weight excluding hydrogens is 212 g/mol. The van der Waals surface area contributed by atoms with E-state index in [1.165, 1.54) is 0 Å². The summed E-state index contributed by atoms with van der Waals surface area (Å²) in [6.07, 6.45) is 1.10. The highest BCUT2D eigenvalue weighted by atomic mass is 79.9. The average molecular weight is 219 g/mol. The lowest BCUT2D eigenvalue weighted by Gasteiger charge is -2.14. The number of rotatable bonds is 0. The molecule has 2 bridgehead atoms. The molecule has 3 nitrogen and oxygen atoms in total. The molecule has 3 heterocycles. The van der Waals surface area contributed by atoms with Crippen LogP contribution >= 0.6 is 15.9 Å². The molecule has 3 saturated heterocycles. The molecule has 4 heteroatoms. The molecule has 0 amide bonds. The van der Waals surface area contributed by atoms with E-state index < -0.39 is 0 Å². The van der Waals surface area contributed by atoms with Crippen LogP contribution in [0.2, 0.25) is 0 Å². The normalized spacial score (nSPS) is 58.6. The highest BCUT2D eigenvalue weighted by molar-refractivity contribution is 9.09. The molecule has 11 heavy (non-hydrogen) atoms. The minimum Gasteiger partial charge on any atom is -0.458 e. The van der Waals surface area contributed by atoms with Crippen molar-refractivity contribution in [2.45, 2.75) is 29.6 Å². The summed E-state index contributed by atoms with van der Waals surface area (Å²) in [6.45, 7) is 0. The van der Waals surface area contributed by atoms with Crippen LogP contribution < -0.4 is 0 Å². The van der Waals surface area contributed by atoms with Gasteiger partial charge >= 0.3 is 5.97 Å². The molecule has 0 spiro atoms. The Balaban J connectivity index is 2.04. The Hall–Kier alpha value is -0.0900. The maximum Gasteiger partial charge on any atom is 0.312 e. The molecule has 3 aliphatic heterocycles. The zero-order valence-electron chi connectivity index (χ0n) is 5.70. The fourth-order valence-electron chi connectivity index (χ4n) is 2.22. The molecule has 0 unspecified atom stereocenters. The number of hydrogen-bond acceptors (Lipinski definition) is 3. The Kier molecular flexibility index (Phi) is 1.05. The topological polar surface area (TPSA) is 35.5 Å². The standard InChI is InChI=1S/C7H7BrO3/c8-4-3-1-2-5(10-3)6(4)11-7(2)9/h2-6H,1H2/t2-,3-,4-,5+,6+/m0/s1. The molecule has 5 atom stereocenters. The van der Waals surface area contributed by atoms with Crippen molar-refractivity contribution < 1.29 is 14.3 Å². The maximum absolute atomic E-state index is 11.1. The van der Waals surface area contributed by atoms with Crippen molar-refractivity contribution in [1.82, 2.24) is 0 Å². The second-order valence-corrected chi connectivity index (χ2v) is 4.38. The molecule has 0 aromatic carbocycles. The van der Waals surface area contributed by atoms with Crippen molar-refractivity contribution in [2.24, 2.45) is 5.92 Å². The minimum absolute atomic E-state index is 0.00810. The summed E-state index contributed by atoms with van der Waals surface area (Å²) in [5.41, 5.74) is 0. The number of hydrogen-bond donors (Lipinski definition) is 0. The van der Waals surface area contributed by atoms with Crippen molar-refractivity contribution in [3.05, 3.63) is 0 Å². The van der Waals surface area contributed by atoms with Gasteiger partial charge in [-0.2, -0.15) is 0 Å². The first-order valence-corrected chi connectivity index (χ1v) is 4.69. The van der Waals surface area contributed by atoms with Crippen LogP contribution in [0, 0.1) is 5.92 Å². The lowest BCUT2D eigenvalue weighted by molar-refractivity contribution is -0.143. The summed E-state index contributed by atoms with van der Waals surface area (Å²) in [7, 11) is 0. The van der Waals surface area contributed by atoms with Crippen LogP contribution in [0.1, 0.15) is 6.42 Å². The average Bonchev–Trinajstić information content (AvgIpc) is 2.53. The van der Waals surface area contributed by atoms with Crippen LogP contribution in [0.15, 0.2) is 0 Å². The van der Waals surface area contributed by atoms with E-state index in [2.05, 4.69) is 15.9 Å². The predicted octanol–water partition coefficient (Wildman–Crippen LogP) is 0.463. The molecule has 0 aliphatic carbocycles. The lowest BCUT2D eigenvalue weighted by Crippen LogP contribution is -2.31. The van der Waals surface area contributed by atoms with Crippen LogP contribution in [0.5, 0.6) is 0 Å². The molecule has 0 aromatic rings. The lowest BCUT2D eigenvalue weighted by atomic mass is 9.90. The smallest absolute Gasteiger partial charge is 0.312 e. The van der Waals surface area contributed by atoms with E-state index >= 15 is 0 Å². The quantitative estimate of drug-likeness (QED) is 0.438. The van der Waals surface area contributed by atoms with Crippen LogP contribution in [-0.4, -0.2) is 29.1 Å². The van der Waals surface area contributed by atoms with Gasteiger partial charge in [0.15, 0.2) is 0 Å². The predicted molar refractivity (Wildman–Crippen MR) is 39.4 cm³/mol. The number of esters is 1. The molecule has 0 radical (unpaired) electrons. The van der Waals surface area contributed by atoms with Crippen LogP contribution in [-0.2, 0) is 14.3 Å². The van der Waals surface area contributed by atoms with Crippen molar-refractivity contribution in [3.63, 3.8) is 0 Å². The monoisotopic (exact) mass is 218 g/mol. The molecular formula is C7H7BrO3. The molecule has 3 fully saturated rings. The van der Waals surface area contributed by atoms with Gasteiger partial charge in [0.05, 0.1) is 16.8 Å². The van der Waals surface area contributed by atoms with Gasteiger partial charge in [0, 0.05) is 0 Å². The number of fused-ring (bicyclic) bond motifs is 1. The largest absolute Gasteiger partial charge is 0.458 e. The number of ether oxygens (including phenoxy) is 2. The summed E-state index contributed by atoms with van der Waals surface area (Å²) in [5, 5.41) is 0. The number of alkyl halides is 1. The Morgan fingerprint density at radius 1 is 1.45 bits per heavy atom. The third kappa shape index (κ3) is 0.609. The second kappa shape index (κ2) is 1.80. The first-order valence-electron chi connectivity index (χ1n) is 3.77. The zero-order chi connectivity index (χ0) is 7.59. The van der Waals surface area contributed by atoms with E-state index in [-0.39, 0.29) is 35.0 Å². The van der Waals surface area contributed by atoms with Gasteiger partial charge in [0.2, 0.25) is 0 Å². The Bertz CT molecular complexity index is 230. The van der Waals surface area contributed by atoms with E-state index in [0.717, 1.165) is 6.42 Å². The summed E-state index contributed by atoms with van der Waals surface area (Å²) in [6, 6.07) is 0. The van der Waals surface area contributed by atoms with Crippen molar-refractivity contribution in [2.75, 3.05) is 0 Å². The van der Waals surface area contributed by atoms with Crippen LogP contribution in [0.3, 0.4) is 0 Å². The van der Waals surface area contributed by atoms with E-state index in [1.807, 2.05) is 0 Å². The highest BCUT2D eigenvalue weighted by Crippen LogP contribution is 2.48. The highest BCUT2D eigenvalue weighted by Gasteiger charge is 2.62. The molecule has 3 aliphatic rings. The first-order chi connectivity index (χ1) is 5.27. The maximum atomic E-state index is 11.1. The zero-order valence-corrected chi connectivity index (χ0v) is 7.28. The number of carbonyl (C=O) groups is 1. The van der Waals surface area contributed by atoms with E-state index in [1.54, 1.807) is 0 Å². The summed E-state index contributed by atoms with van der Waals surface area (Å²) < 4.78 is 10.7. The van der Waals surface area contributed by atoms with Crippen molar-refractivity contribution in [1.29, 1.82) is 0 Å². The molecule has 60 valence electrons. The van der Waals surface area contributed by atoms with Gasteiger partial charge in [0.1, 0.15) is 12.2 Å². The second-order valence-electron chi connectivity index (χ2n) is 3.33. The molecule has 0 aromatic heterocycles. The summed E-state index contributed by atoms with van der Waals surface area (Å²) >= 11 is 3.47. The molecule has 3 rings (SSSR count). The molecule has 0 N–H and O–H groups in total. The Morgan fingerprint density at radius 2 is 2.27 bits per heavy atom. The first kappa shape index (κ1) is 6.43. The fraction of sp³-hybridized carbons (Fsp3) is 0.857. The number of carbonyl (C=O) groups excluding carboxylic acids is 1. The van der Waals surface area contributed by atoms with Crippen molar-refractivity contribution >= 4 is 21.9 Å². The van der Waals surface area contributed by atoms with Crippen LogP contribution in [0.25, 0.3) is 0 Å². The third-order valence-corrected chi connectivity index (χ3v) is 3.87. The van der Waals surface area contributed by atoms with E-state index in [9.17, 15) is 4.79 Å². The van der Waals surface area contributed by atoms with Gasteiger partial charge in [-0.15, -0.1) is 0 Å². The van der Waals surface area contributed by atoms with Gasteiger partial charge in [-0.25, -0.2) is 0 Å². The van der Waals surface area contributed by atoms with Gasteiger partial charge in [0.25, 0.3) is 0 Å². The summed E-state index contributed by atoms with van der Waals surface area (Å²) in [4.78, 5) is 11.3. The Morgan fingerprint density at radius 3 is 2.91 bits per heavy atom. The van der Waals surface area contributed by atoms with E-state index in [0.29, 0.717) is 0 Å². The number of halogens is 1. The fourth-order valence-corrected chi connectivity index (χ4v) is 2.97. The summed E-state index contributed by atoms with van der Waals surface area (Å²) in [5.74, 6) is -0.0248. The van der Waals surface area contributed by atoms with Gasteiger partial charge in [-0.3, -0.25) is 4.79 Å². The van der Waals surface area contributed by atoms with Gasteiger partial charge in [-0.1, -0.05) is 15.9 Å². The SMILES string of the molecule is O=C1O[C@@H]2[C@@H](Br)[C@@H]3C[C@H]1[C@H]2O3. The van der Waals surface area contributed by atoms with E-state index in [4.69, 9.17) is 9.47 Å². The molecule has 0 saturated carbocycles. The van der Waals surface area contributed by atoms with Gasteiger partial charge < -0.3 is 9.47 Å². The minimum atomic E-state index is -0.0653. The van der Waals surface area contributed by atoms with Gasteiger partial charge in [-0.05, 0) is 6.42 Å². The Labute approximate surface area is 72.2 Å². The van der Waals surface area contributed by atoms with Crippen molar-refractivity contribution in [3.8, 4) is 0 Å². The third-order valence-electron chi connectivity index (χ3n) is 2.76. The van der Waals surface area contributed by atoms with Crippen LogP contribution in [0.4, 0.5) is 0 Å².